The fourth-order valence-corrected chi connectivity index (χ4v) is 4.15. The van der Waals surface area contributed by atoms with Crippen molar-refractivity contribution in [1.82, 2.24) is 15.0 Å². The molecule has 1 fully saturated rings. The number of nitrogens with one attached hydrogen (secondary N) is 1. The van der Waals surface area contributed by atoms with Gasteiger partial charge in [0.25, 0.3) is 0 Å². The molecule has 1 N–H and O–H groups in total. The van der Waals surface area contributed by atoms with Gasteiger partial charge in [0.1, 0.15) is 0 Å². The van der Waals surface area contributed by atoms with Crippen LogP contribution < -0.4 is 5.32 Å². The van der Waals surface area contributed by atoms with Gasteiger partial charge in [-0.3, -0.25) is 9.69 Å². The van der Waals surface area contributed by atoms with Crippen molar-refractivity contribution in [3.63, 3.8) is 0 Å². The zero-order valence-electron chi connectivity index (χ0n) is 16.6. The second kappa shape index (κ2) is 9.16. The number of amides is 1. The maximum atomic E-state index is 12.5. The molecule has 8 heteroatoms. The molecule has 0 saturated carbocycles. The van der Waals surface area contributed by atoms with Gasteiger partial charge in [-0.1, -0.05) is 52.6 Å². The summed E-state index contributed by atoms with van der Waals surface area (Å²) in [6.07, 6.45) is 1.70. The van der Waals surface area contributed by atoms with Crippen LogP contribution in [0, 0.1) is 6.92 Å². The molecule has 1 aliphatic heterocycles. The number of rotatable bonds is 5. The molecular formula is C22H22Cl2N4O2. The first kappa shape index (κ1) is 20.8. The van der Waals surface area contributed by atoms with Crippen molar-refractivity contribution in [1.29, 1.82) is 0 Å². The van der Waals surface area contributed by atoms with Gasteiger partial charge in [0.2, 0.25) is 17.6 Å². The van der Waals surface area contributed by atoms with Gasteiger partial charge < -0.3 is 9.84 Å². The molecule has 0 spiro atoms. The predicted molar refractivity (Wildman–Crippen MR) is 118 cm³/mol. The molecule has 0 radical (unpaired) electrons. The Morgan fingerprint density at radius 2 is 1.87 bits per heavy atom. The Labute approximate surface area is 185 Å². The summed E-state index contributed by atoms with van der Waals surface area (Å²) in [6.45, 7) is 3.81. The summed E-state index contributed by atoms with van der Waals surface area (Å²) in [6, 6.07) is 13.0. The Bertz CT molecular complexity index is 1020. The van der Waals surface area contributed by atoms with Crippen LogP contribution in [-0.2, 0) is 4.79 Å². The molecule has 2 heterocycles. The lowest BCUT2D eigenvalue weighted by atomic mass is 9.97. The summed E-state index contributed by atoms with van der Waals surface area (Å²) in [5.41, 5.74) is 2.38. The third-order valence-corrected chi connectivity index (χ3v) is 5.99. The number of aryl methyl sites for hydroxylation is 1. The average Bonchev–Trinajstić information content (AvgIpc) is 3.22. The number of benzene rings is 2. The lowest BCUT2D eigenvalue weighted by molar-refractivity contribution is -0.117. The molecule has 0 bridgehead atoms. The molecule has 30 heavy (non-hydrogen) atoms. The number of carbonyl (C=O) groups excluding carboxylic acids is 1. The van der Waals surface area contributed by atoms with Crippen molar-refractivity contribution in [3.8, 4) is 11.4 Å². The monoisotopic (exact) mass is 444 g/mol. The van der Waals surface area contributed by atoms with E-state index in [2.05, 4.69) is 20.4 Å². The van der Waals surface area contributed by atoms with E-state index in [1.807, 2.05) is 37.3 Å². The third kappa shape index (κ3) is 4.67. The summed E-state index contributed by atoms with van der Waals surface area (Å²) in [5.74, 6) is 1.25. The van der Waals surface area contributed by atoms with Gasteiger partial charge >= 0.3 is 0 Å². The highest BCUT2D eigenvalue weighted by molar-refractivity contribution is 6.34. The molecule has 2 aromatic carbocycles. The van der Waals surface area contributed by atoms with Crippen LogP contribution >= 0.6 is 23.2 Å². The number of piperidine rings is 1. The van der Waals surface area contributed by atoms with E-state index in [0.29, 0.717) is 34.0 Å². The van der Waals surface area contributed by atoms with Crippen LogP contribution in [-0.4, -0.2) is 40.6 Å². The molecule has 1 aromatic heterocycles. The van der Waals surface area contributed by atoms with E-state index in [1.54, 1.807) is 12.1 Å². The van der Waals surface area contributed by atoms with E-state index < -0.39 is 0 Å². The van der Waals surface area contributed by atoms with Crippen LogP contribution in [0.3, 0.4) is 0 Å². The van der Waals surface area contributed by atoms with Crippen molar-refractivity contribution in [2.45, 2.75) is 25.7 Å². The Kier molecular flexibility index (Phi) is 6.37. The zero-order valence-corrected chi connectivity index (χ0v) is 18.1. The third-order valence-electron chi connectivity index (χ3n) is 5.35. The molecule has 3 aromatic rings. The minimum atomic E-state index is -0.0663. The van der Waals surface area contributed by atoms with Crippen LogP contribution in [0.15, 0.2) is 47.0 Å². The second-order valence-corrected chi connectivity index (χ2v) is 8.28. The van der Waals surface area contributed by atoms with Gasteiger partial charge in [0, 0.05) is 11.5 Å². The summed E-state index contributed by atoms with van der Waals surface area (Å²) in [5, 5.41) is 8.17. The van der Waals surface area contributed by atoms with Crippen molar-refractivity contribution >= 4 is 34.8 Å². The van der Waals surface area contributed by atoms with E-state index >= 15 is 0 Å². The Morgan fingerprint density at radius 1 is 1.13 bits per heavy atom. The van der Waals surface area contributed by atoms with Crippen molar-refractivity contribution in [2.75, 3.05) is 25.0 Å². The largest absolute Gasteiger partial charge is 0.339 e. The molecule has 1 aliphatic rings. The van der Waals surface area contributed by atoms with Crippen molar-refractivity contribution in [2.24, 2.45) is 0 Å². The van der Waals surface area contributed by atoms with Gasteiger partial charge in [0.15, 0.2) is 0 Å². The SMILES string of the molecule is Cc1cccc(Cl)c1NC(=O)CN1CCC(c2nc(-c3ccccc3Cl)no2)CC1. The zero-order chi connectivity index (χ0) is 21.1. The van der Waals surface area contributed by atoms with Crippen molar-refractivity contribution in [3.05, 3.63) is 64.0 Å². The van der Waals surface area contributed by atoms with Gasteiger partial charge in [-0.2, -0.15) is 4.98 Å². The summed E-state index contributed by atoms with van der Waals surface area (Å²) in [7, 11) is 0. The molecule has 1 saturated heterocycles. The fraction of sp³-hybridized carbons (Fsp3) is 0.318. The second-order valence-electron chi connectivity index (χ2n) is 7.47. The Hall–Kier alpha value is -2.41. The molecule has 0 unspecified atom stereocenters. The molecule has 1 amide bonds. The first-order valence-corrected chi connectivity index (χ1v) is 10.6. The minimum Gasteiger partial charge on any atom is -0.339 e. The van der Waals surface area contributed by atoms with E-state index in [4.69, 9.17) is 27.7 Å². The van der Waals surface area contributed by atoms with Gasteiger partial charge in [-0.25, -0.2) is 0 Å². The Balaban J connectivity index is 1.32. The topological polar surface area (TPSA) is 71.3 Å². The lowest BCUT2D eigenvalue weighted by Gasteiger charge is -2.29. The number of aromatic nitrogens is 2. The first-order valence-electron chi connectivity index (χ1n) is 9.87. The van der Waals surface area contributed by atoms with E-state index in [1.165, 1.54) is 0 Å². The molecule has 0 atom stereocenters. The fourth-order valence-electron chi connectivity index (χ4n) is 3.66. The van der Waals surface area contributed by atoms with Gasteiger partial charge in [-0.05, 0) is 56.6 Å². The highest BCUT2D eigenvalue weighted by Crippen LogP contribution is 2.31. The maximum absolute atomic E-state index is 12.5. The van der Waals surface area contributed by atoms with Crippen LogP contribution in [0.4, 0.5) is 5.69 Å². The number of halogens is 2. The number of likely N-dealkylation sites (tertiary alicyclic amines) is 1. The van der Waals surface area contributed by atoms with Gasteiger partial charge in [-0.15, -0.1) is 0 Å². The number of para-hydroxylation sites is 1. The highest BCUT2D eigenvalue weighted by Gasteiger charge is 2.26. The molecule has 4 rings (SSSR count). The number of hydrogen-bond donors (Lipinski definition) is 1. The molecular weight excluding hydrogens is 423 g/mol. The highest BCUT2D eigenvalue weighted by atomic mass is 35.5. The maximum Gasteiger partial charge on any atom is 0.238 e. The van der Waals surface area contributed by atoms with Crippen LogP contribution in [0.2, 0.25) is 10.0 Å². The quantitative estimate of drug-likeness (QED) is 0.587. The summed E-state index contributed by atoms with van der Waals surface area (Å²) >= 11 is 12.4. The van der Waals surface area contributed by atoms with Crippen LogP contribution in [0.25, 0.3) is 11.4 Å². The first-order chi connectivity index (χ1) is 14.5. The number of nitrogens with zero attached hydrogens (tertiary/aromatic N) is 3. The molecule has 0 aliphatic carbocycles. The van der Waals surface area contributed by atoms with Crippen LogP contribution in [0.5, 0.6) is 0 Å². The number of hydrogen-bond acceptors (Lipinski definition) is 5. The van der Waals surface area contributed by atoms with Gasteiger partial charge in [0.05, 0.1) is 22.3 Å². The normalized spacial score (nSPS) is 15.3. The molecule has 156 valence electrons. The standard InChI is InChI=1S/C22H22Cl2N4O2/c1-14-5-4-8-18(24)20(14)25-19(29)13-28-11-9-15(10-12-28)22-26-21(27-30-22)16-6-2-3-7-17(16)23/h2-8,15H,9-13H2,1H3,(H,25,29). The summed E-state index contributed by atoms with van der Waals surface area (Å²) in [4.78, 5) is 19.1. The van der Waals surface area contributed by atoms with E-state index in [9.17, 15) is 4.79 Å². The van der Waals surface area contributed by atoms with Crippen LogP contribution in [0.1, 0.15) is 30.2 Å². The number of carbonyl (C=O) groups is 1. The van der Waals surface area contributed by atoms with E-state index in [-0.39, 0.29) is 11.8 Å². The van der Waals surface area contributed by atoms with Crippen molar-refractivity contribution < 1.29 is 9.32 Å². The smallest absolute Gasteiger partial charge is 0.238 e. The number of anilines is 1. The van der Waals surface area contributed by atoms with E-state index in [0.717, 1.165) is 37.1 Å². The lowest BCUT2D eigenvalue weighted by Crippen LogP contribution is -2.38. The summed E-state index contributed by atoms with van der Waals surface area (Å²) < 4.78 is 5.50. The molecule has 6 nitrogen and oxygen atoms in total. The Morgan fingerprint density at radius 3 is 2.60 bits per heavy atom. The minimum absolute atomic E-state index is 0.0663. The predicted octanol–water partition coefficient (Wildman–Crippen LogP) is 5.17. The average molecular weight is 445 g/mol.